The second-order valence-electron chi connectivity index (χ2n) is 6.95. The summed E-state index contributed by atoms with van der Waals surface area (Å²) in [6, 6.07) is 12.8. The Morgan fingerprint density at radius 3 is 2.71 bits per heavy atom. The highest BCUT2D eigenvalue weighted by molar-refractivity contribution is 7.92. The van der Waals surface area contributed by atoms with E-state index in [1.165, 1.54) is 21.8 Å². The number of anilines is 1. The average molecular weight is 455 g/mol. The zero-order chi connectivity index (χ0) is 22.0. The van der Waals surface area contributed by atoms with Crippen LogP contribution in [0.4, 0.5) is 5.69 Å². The molecular weight excluding hydrogens is 432 g/mol. The third kappa shape index (κ3) is 3.98. The van der Waals surface area contributed by atoms with Gasteiger partial charge in [0.05, 0.1) is 33.8 Å². The van der Waals surface area contributed by atoms with Crippen LogP contribution in [0.1, 0.15) is 35.5 Å². The van der Waals surface area contributed by atoms with Crippen LogP contribution in [-0.2, 0) is 10.0 Å². The lowest BCUT2D eigenvalue weighted by molar-refractivity contribution is 0.104. The number of fused-ring (bicyclic) bond motifs is 1. The summed E-state index contributed by atoms with van der Waals surface area (Å²) in [5.41, 5.74) is 3.01. The van der Waals surface area contributed by atoms with Crippen molar-refractivity contribution in [2.75, 3.05) is 16.6 Å². The first-order valence-electron chi connectivity index (χ1n) is 9.98. The molecule has 4 rings (SSSR count). The Bertz CT molecular complexity index is 1330. The molecule has 0 radical (unpaired) electrons. The first-order chi connectivity index (χ1) is 15.0. The lowest BCUT2D eigenvalue weighted by Crippen LogP contribution is -2.33. The van der Waals surface area contributed by atoms with Gasteiger partial charge in [-0.25, -0.2) is 17.9 Å². The summed E-state index contributed by atoms with van der Waals surface area (Å²) >= 11 is 1.38. The van der Waals surface area contributed by atoms with Crippen LogP contribution in [0.25, 0.3) is 16.9 Å². The summed E-state index contributed by atoms with van der Waals surface area (Å²) < 4.78 is 28.3. The molecule has 0 saturated carbocycles. The Hall–Kier alpha value is -3.04. The molecular formula is C22H22N4O3S2. The normalized spacial score (nSPS) is 11.7. The van der Waals surface area contributed by atoms with Gasteiger partial charge in [0.15, 0.2) is 5.65 Å². The third-order valence-electron chi connectivity index (χ3n) is 4.95. The van der Waals surface area contributed by atoms with Crippen LogP contribution < -0.4 is 4.31 Å². The van der Waals surface area contributed by atoms with Crippen LogP contribution in [-0.4, -0.2) is 41.1 Å². The van der Waals surface area contributed by atoms with Gasteiger partial charge in [-0.3, -0.25) is 9.10 Å². The molecule has 0 spiro atoms. The van der Waals surface area contributed by atoms with Gasteiger partial charge in [-0.1, -0.05) is 25.1 Å². The molecule has 0 amide bonds. The summed E-state index contributed by atoms with van der Waals surface area (Å²) in [6.07, 6.45) is 3.87. The zero-order valence-electron chi connectivity index (χ0n) is 17.2. The molecule has 0 saturated heterocycles. The van der Waals surface area contributed by atoms with Crippen molar-refractivity contribution in [2.24, 2.45) is 0 Å². The van der Waals surface area contributed by atoms with E-state index in [0.29, 0.717) is 34.7 Å². The van der Waals surface area contributed by atoms with E-state index in [1.807, 2.05) is 36.6 Å². The molecule has 0 aliphatic heterocycles. The topological polar surface area (TPSA) is 84.6 Å². The second kappa shape index (κ2) is 8.60. The van der Waals surface area contributed by atoms with Crippen molar-refractivity contribution < 1.29 is 13.2 Å². The molecule has 31 heavy (non-hydrogen) atoms. The van der Waals surface area contributed by atoms with Crippen molar-refractivity contribution in [3.63, 3.8) is 0 Å². The Balaban J connectivity index is 1.80. The fourth-order valence-electron chi connectivity index (χ4n) is 3.42. The number of carbonyl (C=O) groups is 1. The first kappa shape index (κ1) is 21.2. The van der Waals surface area contributed by atoms with Crippen LogP contribution in [0, 0.1) is 0 Å². The van der Waals surface area contributed by atoms with E-state index in [4.69, 9.17) is 0 Å². The predicted molar refractivity (Wildman–Crippen MR) is 123 cm³/mol. The molecule has 0 aliphatic carbocycles. The number of nitrogens with zero attached hydrogens (tertiary/aromatic N) is 4. The monoisotopic (exact) mass is 454 g/mol. The molecule has 3 aromatic heterocycles. The lowest BCUT2D eigenvalue weighted by atomic mass is 10.1. The number of aromatic nitrogens is 3. The molecule has 4 aromatic rings. The van der Waals surface area contributed by atoms with E-state index >= 15 is 0 Å². The highest BCUT2D eigenvalue weighted by Crippen LogP contribution is 2.28. The van der Waals surface area contributed by atoms with Gasteiger partial charge in [0.2, 0.25) is 15.8 Å². The van der Waals surface area contributed by atoms with Crippen molar-refractivity contribution in [2.45, 2.75) is 20.3 Å². The predicted octanol–water partition coefficient (Wildman–Crippen LogP) is 4.25. The summed E-state index contributed by atoms with van der Waals surface area (Å²) in [7, 11) is -3.39. The van der Waals surface area contributed by atoms with Gasteiger partial charge in [-0.05, 0) is 43.0 Å². The molecule has 1 aromatic carbocycles. The number of hydrogen-bond donors (Lipinski definition) is 0. The van der Waals surface area contributed by atoms with E-state index < -0.39 is 10.0 Å². The molecule has 160 valence electrons. The van der Waals surface area contributed by atoms with Crippen molar-refractivity contribution in [3.05, 3.63) is 70.7 Å². The highest BCUT2D eigenvalue weighted by Gasteiger charge is 2.21. The summed E-state index contributed by atoms with van der Waals surface area (Å²) in [5, 5.41) is 6.26. The van der Waals surface area contributed by atoms with Crippen molar-refractivity contribution in [1.29, 1.82) is 0 Å². The number of hydrogen-bond acceptors (Lipinski definition) is 6. The van der Waals surface area contributed by atoms with Gasteiger partial charge in [0.25, 0.3) is 0 Å². The van der Waals surface area contributed by atoms with E-state index in [-0.39, 0.29) is 11.5 Å². The van der Waals surface area contributed by atoms with Gasteiger partial charge < -0.3 is 0 Å². The van der Waals surface area contributed by atoms with Crippen LogP contribution in [0.2, 0.25) is 0 Å². The van der Waals surface area contributed by atoms with Crippen LogP contribution in [0.15, 0.2) is 60.2 Å². The number of benzene rings is 1. The van der Waals surface area contributed by atoms with E-state index in [2.05, 4.69) is 10.1 Å². The van der Waals surface area contributed by atoms with Crippen LogP contribution in [0.5, 0.6) is 0 Å². The summed E-state index contributed by atoms with van der Waals surface area (Å²) in [6.45, 7) is 4.00. The SMILES string of the molecule is CCCN(c1cccc(-c2ccnc3c(C(=O)c4cccs4)cnn23)c1)S(=O)(=O)CC. The minimum Gasteiger partial charge on any atom is -0.287 e. The first-order valence-corrected chi connectivity index (χ1v) is 12.5. The third-order valence-corrected chi connectivity index (χ3v) is 7.61. The maximum atomic E-state index is 12.8. The van der Waals surface area contributed by atoms with Gasteiger partial charge in [0.1, 0.15) is 0 Å². The smallest absolute Gasteiger partial charge is 0.234 e. The van der Waals surface area contributed by atoms with Gasteiger partial charge in [0, 0.05) is 18.3 Å². The number of ketones is 1. The van der Waals surface area contributed by atoms with Crippen LogP contribution >= 0.6 is 11.3 Å². The Morgan fingerprint density at radius 2 is 2.00 bits per heavy atom. The summed E-state index contributed by atoms with van der Waals surface area (Å²) in [4.78, 5) is 17.8. The number of carbonyl (C=O) groups excluding carboxylic acids is 1. The molecule has 0 atom stereocenters. The second-order valence-corrected chi connectivity index (χ2v) is 10.1. The van der Waals surface area contributed by atoms with E-state index in [1.54, 1.807) is 35.8 Å². The summed E-state index contributed by atoms with van der Waals surface area (Å²) in [5.74, 6) is -0.0871. The molecule has 9 heteroatoms. The van der Waals surface area contributed by atoms with E-state index in [0.717, 1.165) is 11.3 Å². The Labute approximate surface area is 185 Å². The van der Waals surface area contributed by atoms with E-state index in [9.17, 15) is 13.2 Å². The Morgan fingerprint density at radius 1 is 1.16 bits per heavy atom. The van der Waals surface area contributed by atoms with Gasteiger partial charge >= 0.3 is 0 Å². The molecule has 3 heterocycles. The molecule has 0 bridgehead atoms. The maximum absolute atomic E-state index is 12.8. The van der Waals surface area contributed by atoms with Gasteiger partial charge in [-0.2, -0.15) is 5.10 Å². The zero-order valence-corrected chi connectivity index (χ0v) is 18.9. The number of sulfonamides is 1. The largest absolute Gasteiger partial charge is 0.287 e. The maximum Gasteiger partial charge on any atom is 0.234 e. The molecule has 0 fully saturated rings. The van der Waals surface area contributed by atoms with Crippen molar-refractivity contribution in [1.82, 2.24) is 14.6 Å². The quantitative estimate of drug-likeness (QED) is 0.372. The van der Waals surface area contributed by atoms with Crippen LogP contribution in [0.3, 0.4) is 0 Å². The standard InChI is InChI=1S/C22H22N4O3S2/c1-3-12-25(31(28,29)4-2)17-8-5-7-16(14-17)19-10-11-23-22-18(15-24-26(19)22)21(27)20-9-6-13-30-20/h5-11,13-15H,3-4,12H2,1-2H3. The van der Waals surface area contributed by atoms with Crippen molar-refractivity contribution in [3.8, 4) is 11.3 Å². The minimum atomic E-state index is -3.39. The Kier molecular flexibility index (Phi) is 5.88. The molecule has 7 nitrogen and oxygen atoms in total. The fraction of sp³-hybridized carbons (Fsp3) is 0.227. The molecule has 0 aliphatic rings. The minimum absolute atomic E-state index is 0.0318. The number of thiophene rings is 1. The molecule has 0 unspecified atom stereocenters. The fourth-order valence-corrected chi connectivity index (χ4v) is 5.30. The number of rotatable bonds is 8. The van der Waals surface area contributed by atoms with Crippen molar-refractivity contribution >= 4 is 38.5 Å². The molecule has 0 N–H and O–H groups in total. The van der Waals surface area contributed by atoms with Gasteiger partial charge in [-0.15, -0.1) is 11.3 Å². The average Bonchev–Trinajstić information content (AvgIpc) is 3.47. The lowest BCUT2D eigenvalue weighted by Gasteiger charge is -2.23. The highest BCUT2D eigenvalue weighted by atomic mass is 32.2.